The van der Waals surface area contributed by atoms with Gasteiger partial charge in [-0.1, -0.05) is 13.3 Å². The second kappa shape index (κ2) is 5.97. The van der Waals surface area contributed by atoms with Crippen molar-refractivity contribution in [2.45, 2.75) is 38.0 Å². The summed E-state index contributed by atoms with van der Waals surface area (Å²) in [5, 5.41) is 2.71. The van der Waals surface area contributed by atoms with Gasteiger partial charge in [0.05, 0.1) is 4.90 Å². The molecule has 0 aliphatic rings. The Bertz CT molecular complexity index is 537. The Hall–Kier alpha value is -1.40. The average molecular weight is 271 g/mol. The summed E-state index contributed by atoms with van der Waals surface area (Å²) < 4.78 is 30.7. The van der Waals surface area contributed by atoms with Gasteiger partial charge in [-0.15, -0.1) is 0 Å². The van der Waals surface area contributed by atoms with Crippen LogP contribution in [0.15, 0.2) is 23.1 Å². The second-order valence-electron chi connectivity index (χ2n) is 4.10. The Morgan fingerprint density at radius 1 is 1.39 bits per heavy atom. The molecular weight excluding hydrogens is 254 g/mol. The fourth-order valence-corrected chi connectivity index (χ4v) is 2.05. The smallest absolute Gasteiger partial charge is 0.294 e. The van der Waals surface area contributed by atoms with Gasteiger partial charge in [0.1, 0.15) is 0 Å². The predicted octanol–water partition coefficient (Wildman–Crippen LogP) is 2.37. The van der Waals surface area contributed by atoms with E-state index in [1.54, 1.807) is 6.92 Å². The molecule has 0 radical (unpaired) electrons. The summed E-state index contributed by atoms with van der Waals surface area (Å²) in [7, 11) is -4.20. The molecule has 5 nitrogen and oxygen atoms in total. The molecule has 1 aromatic carbocycles. The molecule has 0 atom stereocenters. The number of carbonyl (C=O) groups is 1. The van der Waals surface area contributed by atoms with Crippen molar-refractivity contribution in [3.8, 4) is 0 Å². The first-order valence-electron chi connectivity index (χ1n) is 5.72. The van der Waals surface area contributed by atoms with E-state index in [-0.39, 0.29) is 10.8 Å². The number of nitrogens with one attached hydrogen (secondary N) is 1. The minimum absolute atomic E-state index is 0.0976. The van der Waals surface area contributed by atoms with Crippen LogP contribution in [0.2, 0.25) is 0 Å². The standard InChI is InChI=1S/C12H17NO4S/c1-3-4-5-12(14)13-11-7-6-10(8-9(11)2)18(15,16)17/h6-8H,3-5H2,1-2H3,(H,13,14)(H,15,16,17). The molecule has 18 heavy (non-hydrogen) atoms. The molecule has 0 aliphatic heterocycles. The topological polar surface area (TPSA) is 83.5 Å². The molecule has 1 aromatic rings. The quantitative estimate of drug-likeness (QED) is 0.805. The van der Waals surface area contributed by atoms with Crippen LogP contribution in [0.25, 0.3) is 0 Å². The fraction of sp³-hybridized carbons (Fsp3) is 0.417. The van der Waals surface area contributed by atoms with E-state index in [1.165, 1.54) is 18.2 Å². The highest BCUT2D eigenvalue weighted by molar-refractivity contribution is 7.85. The summed E-state index contributed by atoms with van der Waals surface area (Å²) >= 11 is 0. The van der Waals surface area contributed by atoms with Crippen LogP contribution in [0.4, 0.5) is 5.69 Å². The Morgan fingerprint density at radius 3 is 2.56 bits per heavy atom. The maximum Gasteiger partial charge on any atom is 0.294 e. The van der Waals surface area contributed by atoms with Crippen molar-refractivity contribution in [2.75, 3.05) is 5.32 Å². The summed E-state index contributed by atoms with van der Waals surface area (Å²) in [5.41, 5.74) is 1.15. The van der Waals surface area contributed by atoms with Crippen molar-refractivity contribution in [1.29, 1.82) is 0 Å². The van der Waals surface area contributed by atoms with Gasteiger partial charge in [-0.05, 0) is 37.1 Å². The summed E-state index contributed by atoms with van der Waals surface area (Å²) in [6.07, 6.45) is 2.19. The van der Waals surface area contributed by atoms with E-state index in [9.17, 15) is 13.2 Å². The van der Waals surface area contributed by atoms with E-state index in [2.05, 4.69) is 5.32 Å². The predicted molar refractivity (Wildman–Crippen MR) is 69.1 cm³/mol. The van der Waals surface area contributed by atoms with Gasteiger partial charge >= 0.3 is 0 Å². The van der Waals surface area contributed by atoms with E-state index < -0.39 is 10.1 Å². The van der Waals surface area contributed by atoms with Gasteiger partial charge in [0.2, 0.25) is 5.91 Å². The number of hydrogen-bond acceptors (Lipinski definition) is 3. The lowest BCUT2D eigenvalue weighted by Gasteiger charge is -2.09. The van der Waals surface area contributed by atoms with Gasteiger partial charge in [0.15, 0.2) is 0 Å². The first-order chi connectivity index (χ1) is 8.34. The molecule has 0 bridgehead atoms. The minimum atomic E-state index is -4.20. The van der Waals surface area contributed by atoms with Crippen LogP contribution in [0.3, 0.4) is 0 Å². The molecule has 2 N–H and O–H groups in total. The molecule has 1 amide bonds. The van der Waals surface area contributed by atoms with Crippen LogP contribution in [0.5, 0.6) is 0 Å². The maximum atomic E-state index is 11.5. The fourth-order valence-electron chi connectivity index (χ4n) is 1.49. The lowest BCUT2D eigenvalue weighted by Crippen LogP contribution is -2.12. The zero-order valence-electron chi connectivity index (χ0n) is 10.4. The Morgan fingerprint density at radius 2 is 2.06 bits per heavy atom. The third-order valence-electron chi connectivity index (χ3n) is 2.53. The molecule has 0 saturated carbocycles. The summed E-state index contributed by atoms with van der Waals surface area (Å²) in [6, 6.07) is 4.06. The third-order valence-corrected chi connectivity index (χ3v) is 3.38. The lowest BCUT2D eigenvalue weighted by molar-refractivity contribution is -0.116. The molecule has 6 heteroatoms. The van der Waals surface area contributed by atoms with Crippen molar-refractivity contribution in [1.82, 2.24) is 0 Å². The molecule has 0 saturated heterocycles. The van der Waals surface area contributed by atoms with E-state index in [0.29, 0.717) is 17.7 Å². The van der Waals surface area contributed by atoms with Crippen molar-refractivity contribution < 1.29 is 17.8 Å². The van der Waals surface area contributed by atoms with Crippen LogP contribution < -0.4 is 5.32 Å². The molecule has 100 valence electrons. The zero-order valence-corrected chi connectivity index (χ0v) is 11.3. The summed E-state index contributed by atoms with van der Waals surface area (Å²) in [4.78, 5) is 11.4. The normalized spacial score (nSPS) is 11.3. The zero-order chi connectivity index (χ0) is 13.8. The number of aryl methyl sites for hydroxylation is 1. The molecule has 0 heterocycles. The Labute approximate surface area is 107 Å². The lowest BCUT2D eigenvalue weighted by atomic mass is 10.2. The van der Waals surface area contributed by atoms with Crippen molar-refractivity contribution >= 4 is 21.7 Å². The number of anilines is 1. The third kappa shape index (κ3) is 4.12. The number of benzene rings is 1. The first kappa shape index (κ1) is 14.7. The average Bonchev–Trinajstić information content (AvgIpc) is 2.27. The molecule has 0 fully saturated rings. The van der Waals surface area contributed by atoms with Gasteiger partial charge in [-0.2, -0.15) is 8.42 Å². The Kier molecular flexibility index (Phi) is 4.86. The highest BCUT2D eigenvalue weighted by atomic mass is 32.2. The van der Waals surface area contributed by atoms with E-state index in [4.69, 9.17) is 4.55 Å². The van der Waals surface area contributed by atoms with Crippen LogP contribution in [-0.4, -0.2) is 18.9 Å². The van der Waals surface area contributed by atoms with Crippen LogP contribution in [-0.2, 0) is 14.9 Å². The van der Waals surface area contributed by atoms with Gasteiger partial charge < -0.3 is 5.32 Å². The number of rotatable bonds is 5. The molecule has 0 aliphatic carbocycles. The van der Waals surface area contributed by atoms with Crippen LogP contribution in [0, 0.1) is 6.92 Å². The number of unbranched alkanes of at least 4 members (excludes halogenated alkanes) is 1. The van der Waals surface area contributed by atoms with Crippen molar-refractivity contribution in [3.63, 3.8) is 0 Å². The number of hydrogen-bond donors (Lipinski definition) is 2. The van der Waals surface area contributed by atoms with Gasteiger partial charge in [-0.3, -0.25) is 9.35 Å². The van der Waals surface area contributed by atoms with E-state index in [0.717, 1.165) is 12.8 Å². The first-order valence-corrected chi connectivity index (χ1v) is 7.16. The largest absolute Gasteiger partial charge is 0.326 e. The highest BCUT2D eigenvalue weighted by Crippen LogP contribution is 2.19. The molecule has 1 rings (SSSR count). The Balaban J connectivity index is 2.84. The van der Waals surface area contributed by atoms with Gasteiger partial charge in [-0.25, -0.2) is 0 Å². The summed E-state index contributed by atoms with van der Waals surface area (Å²) in [6.45, 7) is 3.67. The van der Waals surface area contributed by atoms with E-state index >= 15 is 0 Å². The number of carbonyl (C=O) groups excluding carboxylic acids is 1. The molecular formula is C12H17NO4S. The number of amides is 1. The second-order valence-corrected chi connectivity index (χ2v) is 5.53. The van der Waals surface area contributed by atoms with Crippen molar-refractivity contribution in [3.05, 3.63) is 23.8 Å². The molecule has 0 spiro atoms. The summed E-state index contributed by atoms with van der Waals surface area (Å²) in [5.74, 6) is -0.0976. The highest BCUT2D eigenvalue weighted by Gasteiger charge is 2.11. The van der Waals surface area contributed by atoms with Crippen LogP contribution in [0.1, 0.15) is 31.7 Å². The maximum absolute atomic E-state index is 11.5. The minimum Gasteiger partial charge on any atom is -0.326 e. The van der Waals surface area contributed by atoms with Crippen LogP contribution >= 0.6 is 0 Å². The van der Waals surface area contributed by atoms with Crippen molar-refractivity contribution in [2.24, 2.45) is 0 Å². The molecule has 0 aromatic heterocycles. The van der Waals surface area contributed by atoms with Gasteiger partial charge in [0.25, 0.3) is 10.1 Å². The van der Waals surface area contributed by atoms with E-state index in [1.807, 2.05) is 6.92 Å². The monoisotopic (exact) mass is 271 g/mol. The molecule has 0 unspecified atom stereocenters. The van der Waals surface area contributed by atoms with Gasteiger partial charge in [0, 0.05) is 12.1 Å². The SMILES string of the molecule is CCCCC(=O)Nc1ccc(S(=O)(=O)O)cc1C.